The quantitative estimate of drug-likeness (QED) is 0.469. The summed E-state index contributed by atoms with van der Waals surface area (Å²) in [4.78, 5) is 13.1. The molecule has 152 valence electrons. The molecule has 7 nitrogen and oxygen atoms in total. The summed E-state index contributed by atoms with van der Waals surface area (Å²) in [5.41, 5.74) is 1.88. The smallest absolute Gasteiger partial charge is 0.262 e. The number of hydrogen-bond donors (Lipinski definition) is 1. The van der Waals surface area contributed by atoms with E-state index in [4.69, 9.17) is 0 Å². The van der Waals surface area contributed by atoms with E-state index in [1.54, 1.807) is 38.3 Å². The van der Waals surface area contributed by atoms with Crippen LogP contribution >= 0.6 is 0 Å². The van der Waals surface area contributed by atoms with Crippen LogP contribution in [0.15, 0.2) is 97.6 Å². The Hall–Kier alpha value is -4.46. The van der Waals surface area contributed by atoms with Gasteiger partial charge in [0.1, 0.15) is 11.4 Å². The van der Waals surface area contributed by atoms with Crippen LogP contribution in [0.4, 0.5) is 10.2 Å². The van der Waals surface area contributed by atoms with Gasteiger partial charge in [0.2, 0.25) is 0 Å². The fraction of sp³-hybridized carbons (Fsp3) is 0. The fourth-order valence-electron chi connectivity index (χ4n) is 3.30. The van der Waals surface area contributed by atoms with Crippen molar-refractivity contribution >= 4 is 11.7 Å². The summed E-state index contributed by atoms with van der Waals surface area (Å²) in [7, 11) is 0. The van der Waals surface area contributed by atoms with E-state index in [1.807, 2.05) is 54.9 Å². The highest BCUT2D eigenvalue weighted by molar-refractivity contribution is 6.06. The van der Waals surface area contributed by atoms with E-state index in [0.29, 0.717) is 22.9 Å². The highest BCUT2D eigenvalue weighted by Gasteiger charge is 2.20. The monoisotopic (exact) mass is 412 g/mol. The molecule has 0 aliphatic carbocycles. The number of amides is 1. The van der Waals surface area contributed by atoms with Crippen LogP contribution in [0.1, 0.15) is 10.4 Å². The van der Waals surface area contributed by atoms with Gasteiger partial charge < -0.3 is 9.88 Å². The molecule has 3 heterocycles. The zero-order chi connectivity index (χ0) is 21.2. The maximum atomic E-state index is 13.4. The molecule has 8 heteroatoms. The molecule has 2 aromatic carbocycles. The van der Waals surface area contributed by atoms with Crippen LogP contribution in [-0.2, 0) is 0 Å². The largest absolute Gasteiger partial charge is 0.308 e. The molecular weight excluding hydrogens is 395 g/mol. The van der Waals surface area contributed by atoms with Crippen molar-refractivity contribution in [1.82, 2.24) is 24.1 Å². The van der Waals surface area contributed by atoms with Crippen LogP contribution in [0.25, 0.3) is 17.2 Å². The number of carbonyl (C=O) groups excluding carboxylic acids is 1. The van der Waals surface area contributed by atoms with Gasteiger partial charge >= 0.3 is 0 Å². The summed E-state index contributed by atoms with van der Waals surface area (Å²) >= 11 is 0. The van der Waals surface area contributed by atoms with Gasteiger partial charge in [-0.1, -0.05) is 18.2 Å². The van der Waals surface area contributed by atoms with Crippen molar-refractivity contribution in [2.45, 2.75) is 0 Å². The Labute approximate surface area is 177 Å². The van der Waals surface area contributed by atoms with Gasteiger partial charge in [-0.25, -0.2) is 13.8 Å². The molecule has 0 spiro atoms. The van der Waals surface area contributed by atoms with E-state index in [1.165, 1.54) is 18.3 Å². The second-order valence-electron chi connectivity index (χ2n) is 6.80. The summed E-state index contributed by atoms with van der Waals surface area (Å²) in [6, 6.07) is 21.0. The number of hydrogen-bond acceptors (Lipinski definition) is 3. The zero-order valence-corrected chi connectivity index (χ0v) is 16.3. The molecule has 0 unspecified atom stereocenters. The first-order chi connectivity index (χ1) is 15.2. The van der Waals surface area contributed by atoms with Crippen LogP contribution in [0.3, 0.4) is 0 Å². The standard InChI is InChI=1S/C23H17FN6O/c24-17-8-10-19(11-9-17)30-23(28-13-4-5-14-28)20(16-25-30)22(31)26-21-12-15-29(27-21)18-6-2-1-3-7-18/h1-16H,(H,26,27,31). The first-order valence-corrected chi connectivity index (χ1v) is 9.59. The molecule has 1 amide bonds. The second kappa shape index (κ2) is 7.75. The third-order valence-electron chi connectivity index (χ3n) is 4.76. The van der Waals surface area contributed by atoms with Gasteiger partial charge in [0, 0.05) is 24.7 Å². The molecule has 3 aromatic heterocycles. The van der Waals surface area contributed by atoms with Crippen LogP contribution in [0, 0.1) is 5.82 Å². The number of aromatic nitrogens is 5. The topological polar surface area (TPSA) is 69.7 Å². The molecule has 5 aromatic rings. The van der Waals surface area contributed by atoms with E-state index in [-0.39, 0.29) is 11.7 Å². The summed E-state index contributed by atoms with van der Waals surface area (Å²) in [6.45, 7) is 0. The van der Waals surface area contributed by atoms with Crippen molar-refractivity contribution in [3.8, 4) is 17.2 Å². The Kier molecular flexibility index (Phi) is 4.64. The van der Waals surface area contributed by atoms with Crippen LogP contribution in [-0.4, -0.2) is 30.0 Å². The van der Waals surface area contributed by atoms with Crippen molar-refractivity contribution in [2.75, 3.05) is 5.32 Å². The van der Waals surface area contributed by atoms with E-state index >= 15 is 0 Å². The van der Waals surface area contributed by atoms with E-state index in [0.717, 1.165) is 5.69 Å². The third kappa shape index (κ3) is 3.62. The van der Waals surface area contributed by atoms with E-state index in [9.17, 15) is 9.18 Å². The first-order valence-electron chi connectivity index (χ1n) is 9.59. The number of halogens is 1. The lowest BCUT2D eigenvalue weighted by Gasteiger charge is -2.11. The number of benzene rings is 2. The Morgan fingerprint density at radius 2 is 1.58 bits per heavy atom. The van der Waals surface area contributed by atoms with Crippen molar-refractivity contribution in [3.05, 3.63) is 109 Å². The van der Waals surface area contributed by atoms with Gasteiger partial charge in [0.05, 0.1) is 17.6 Å². The molecule has 0 aliphatic heterocycles. The lowest BCUT2D eigenvalue weighted by molar-refractivity contribution is 0.102. The van der Waals surface area contributed by atoms with Crippen LogP contribution in [0.2, 0.25) is 0 Å². The maximum absolute atomic E-state index is 13.4. The van der Waals surface area contributed by atoms with Crippen molar-refractivity contribution in [2.24, 2.45) is 0 Å². The molecule has 0 aliphatic rings. The molecule has 0 saturated carbocycles. The highest BCUT2D eigenvalue weighted by Crippen LogP contribution is 2.21. The van der Waals surface area contributed by atoms with Crippen LogP contribution < -0.4 is 5.32 Å². The fourth-order valence-corrected chi connectivity index (χ4v) is 3.30. The number of nitrogens with zero attached hydrogens (tertiary/aromatic N) is 5. The predicted molar refractivity (Wildman–Crippen MR) is 114 cm³/mol. The maximum Gasteiger partial charge on any atom is 0.262 e. The molecule has 0 bridgehead atoms. The Bertz CT molecular complexity index is 1320. The lowest BCUT2D eigenvalue weighted by atomic mass is 10.2. The van der Waals surface area contributed by atoms with Crippen molar-refractivity contribution < 1.29 is 9.18 Å². The summed E-state index contributed by atoms with van der Waals surface area (Å²) < 4.78 is 18.4. The van der Waals surface area contributed by atoms with Crippen LogP contribution in [0.5, 0.6) is 0 Å². The minimum atomic E-state index is -0.352. The molecule has 0 fully saturated rings. The predicted octanol–water partition coefficient (Wildman–Crippen LogP) is 4.24. The average molecular weight is 412 g/mol. The summed E-state index contributed by atoms with van der Waals surface area (Å²) in [6.07, 6.45) is 6.90. The number of anilines is 1. The Morgan fingerprint density at radius 1 is 0.839 bits per heavy atom. The molecule has 0 saturated heterocycles. The summed E-state index contributed by atoms with van der Waals surface area (Å²) in [5.74, 6) is 0.263. The Morgan fingerprint density at radius 3 is 2.32 bits per heavy atom. The third-order valence-corrected chi connectivity index (χ3v) is 4.76. The van der Waals surface area contributed by atoms with Gasteiger partial charge in [-0.3, -0.25) is 4.79 Å². The van der Waals surface area contributed by atoms with Gasteiger partial charge in [0.25, 0.3) is 5.91 Å². The van der Waals surface area contributed by atoms with E-state index in [2.05, 4.69) is 15.5 Å². The van der Waals surface area contributed by atoms with Gasteiger partial charge in [-0.05, 0) is 48.5 Å². The van der Waals surface area contributed by atoms with Crippen molar-refractivity contribution in [3.63, 3.8) is 0 Å². The number of carbonyl (C=O) groups is 1. The lowest BCUT2D eigenvalue weighted by Crippen LogP contribution is -2.16. The Balaban J connectivity index is 1.48. The molecule has 1 N–H and O–H groups in total. The SMILES string of the molecule is O=C(Nc1ccn(-c2ccccc2)n1)c1cnn(-c2ccc(F)cc2)c1-n1cccc1. The number of para-hydroxylation sites is 1. The van der Waals surface area contributed by atoms with Gasteiger partial charge in [-0.15, -0.1) is 0 Å². The zero-order valence-electron chi connectivity index (χ0n) is 16.3. The number of nitrogens with one attached hydrogen (secondary N) is 1. The molecular formula is C23H17FN6O. The minimum Gasteiger partial charge on any atom is -0.308 e. The van der Waals surface area contributed by atoms with E-state index < -0.39 is 0 Å². The first kappa shape index (κ1) is 18.6. The van der Waals surface area contributed by atoms with Gasteiger partial charge in [0.15, 0.2) is 11.6 Å². The second-order valence-corrected chi connectivity index (χ2v) is 6.80. The normalized spacial score (nSPS) is 10.9. The minimum absolute atomic E-state index is 0.342. The number of rotatable bonds is 5. The van der Waals surface area contributed by atoms with Crippen molar-refractivity contribution in [1.29, 1.82) is 0 Å². The average Bonchev–Trinajstić information content (AvgIpc) is 3.55. The molecule has 31 heavy (non-hydrogen) atoms. The molecule has 5 rings (SSSR count). The molecule has 0 radical (unpaired) electrons. The van der Waals surface area contributed by atoms with Gasteiger partial charge in [-0.2, -0.15) is 10.2 Å². The highest BCUT2D eigenvalue weighted by atomic mass is 19.1. The molecule has 0 atom stereocenters. The summed E-state index contributed by atoms with van der Waals surface area (Å²) in [5, 5.41) is 11.6.